The highest BCUT2D eigenvalue weighted by Crippen LogP contribution is 2.14. The van der Waals surface area contributed by atoms with Crippen LogP contribution in [0.5, 0.6) is 0 Å². The highest BCUT2D eigenvalue weighted by atomic mass is 79.9. The van der Waals surface area contributed by atoms with Crippen molar-refractivity contribution in [3.63, 3.8) is 0 Å². The third-order valence-corrected chi connectivity index (χ3v) is 4.03. The van der Waals surface area contributed by atoms with Crippen LogP contribution in [0.15, 0.2) is 0 Å². The summed E-state index contributed by atoms with van der Waals surface area (Å²) in [5, 5.41) is 1.16. The van der Waals surface area contributed by atoms with Gasteiger partial charge in [0.15, 0.2) is 6.29 Å². The van der Waals surface area contributed by atoms with E-state index >= 15 is 0 Å². The first-order valence-electron chi connectivity index (χ1n) is 7.72. The molecule has 0 amide bonds. The van der Waals surface area contributed by atoms with Gasteiger partial charge < -0.3 is 9.47 Å². The van der Waals surface area contributed by atoms with Crippen LogP contribution in [0.4, 0.5) is 0 Å². The molecular formula is C15H29BrO2. The fourth-order valence-corrected chi connectivity index (χ4v) is 2.71. The van der Waals surface area contributed by atoms with Gasteiger partial charge in [0.1, 0.15) is 0 Å². The van der Waals surface area contributed by atoms with Gasteiger partial charge in [-0.25, -0.2) is 0 Å². The molecule has 0 aromatic heterocycles. The Bertz CT molecular complexity index is 170. The molecule has 1 aliphatic rings. The maximum absolute atomic E-state index is 5.72. The van der Waals surface area contributed by atoms with Crippen molar-refractivity contribution in [2.75, 3.05) is 18.5 Å². The van der Waals surface area contributed by atoms with Gasteiger partial charge in [-0.2, -0.15) is 0 Å². The van der Waals surface area contributed by atoms with Crippen molar-refractivity contribution >= 4 is 15.9 Å². The summed E-state index contributed by atoms with van der Waals surface area (Å²) < 4.78 is 11.2. The van der Waals surface area contributed by atoms with E-state index in [1.807, 2.05) is 0 Å². The number of rotatable bonds is 11. The van der Waals surface area contributed by atoms with Crippen molar-refractivity contribution in [2.24, 2.45) is 0 Å². The predicted molar refractivity (Wildman–Crippen MR) is 80.3 cm³/mol. The Hall–Kier alpha value is 0.400. The Morgan fingerprint density at radius 3 is 2.17 bits per heavy atom. The van der Waals surface area contributed by atoms with Gasteiger partial charge in [0, 0.05) is 18.5 Å². The van der Waals surface area contributed by atoms with Gasteiger partial charge in [0.2, 0.25) is 0 Å². The largest absolute Gasteiger partial charge is 0.353 e. The average Bonchev–Trinajstić information content (AvgIpc) is 2.42. The number of unbranched alkanes of at least 4 members (excludes halogenated alkanes) is 7. The minimum absolute atomic E-state index is 0.100. The van der Waals surface area contributed by atoms with Crippen molar-refractivity contribution in [1.29, 1.82) is 0 Å². The van der Waals surface area contributed by atoms with Crippen LogP contribution in [-0.4, -0.2) is 24.8 Å². The normalized spacial score (nSPS) is 20.2. The molecule has 18 heavy (non-hydrogen) atoms. The maximum atomic E-state index is 5.72. The molecule has 1 saturated heterocycles. The van der Waals surface area contributed by atoms with E-state index in [-0.39, 0.29) is 6.29 Å². The van der Waals surface area contributed by atoms with Crippen molar-refractivity contribution in [3.05, 3.63) is 0 Å². The summed E-state index contributed by atoms with van der Waals surface area (Å²) in [6.45, 7) is 1.77. The molecule has 0 aromatic rings. The Morgan fingerprint density at radius 1 is 0.889 bits per heavy atom. The van der Waals surface area contributed by atoms with E-state index in [4.69, 9.17) is 9.47 Å². The van der Waals surface area contributed by atoms with Crippen LogP contribution in [0.25, 0.3) is 0 Å². The summed E-state index contributed by atoms with van der Waals surface area (Å²) in [5.74, 6) is 0. The van der Waals surface area contributed by atoms with Crippen LogP contribution in [0.1, 0.15) is 70.6 Å². The van der Waals surface area contributed by atoms with E-state index in [0.29, 0.717) is 0 Å². The van der Waals surface area contributed by atoms with Gasteiger partial charge in [-0.15, -0.1) is 0 Å². The molecule has 1 atom stereocenters. The zero-order valence-electron chi connectivity index (χ0n) is 11.7. The SMILES string of the molecule is BrCCCCCCCCCCO[C@@H]1CCCCO1. The highest BCUT2D eigenvalue weighted by Gasteiger charge is 2.13. The van der Waals surface area contributed by atoms with Crippen LogP contribution < -0.4 is 0 Å². The Labute approximate surface area is 121 Å². The smallest absolute Gasteiger partial charge is 0.157 e. The lowest BCUT2D eigenvalue weighted by Gasteiger charge is -2.22. The maximum Gasteiger partial charge on any atom is 0.157 e. The predicted octanol–water partition coefficient (Wildman–Crippen LogP) is 5.05. The van der Waals surface area contributed by atoms with Crippen LogP contribution in [0, 0.1) is 0 Å². The Morgan fingerprint density at radius 2 is 1.56 bits per heavy atom. The quantitative estimate of drug-likeness (QED) is 0.392. The average molecular weight is 321 g/mol. The second-order valence-corrected chi connectivity index (χ2v) is 5.98. The van der Waals surface area contributed by atoms with Gasteiger partial charge in [-0.05, 0) is 32.1 Å². The third-order valence-electron chi connectivity index (χ3n) is 3.47. The summed E-state index contributed by atoms with van der Waals surface area (Å²) in [5.41, 5.74) is 0. The monoisotopic (exact) mass is 320 g/mol. The van der Waals surface area contributed by atoms with Crippen LogP contribution in [0.3, 0.4) is 0 Å². The number of halogens is 1. The lowest BCUT2D eigenvalue weighted by Crippen LogP contribution is -2.22. The van der Waals surface area contributed by atoms with E-state index in [1.165, 1.54) is 64.2 Å². The molecule has 0 aromatic carbocycles. The van der Waals surface area contributed by atoms with Gasteiger partial charge in [0.25, 0.3) is 0 Å². The molecule has 0 unspecified atom stereocenters. The van der Waals surface area contributed by atoms with Crippen molar-refractivity contribution in [2.45, 2.75) is 76.9 Å². The molecule has 0 N–H and O–H groups in total. The van der Waals surface area contributed by atoms with Crippen molar-refractivity contribution < 1.29 is 9.47 Å². The molecule has 0 aliphatic carbocycles. The number of alkyl halides is 1. The van der Waals surface area contributed by atoms with Crippen molar-refractivity contribution in [3.8, 4) is 0 Å². The first-order chi connectivity index (χ1) is 8.93. The molecule has 1 rings (SSSR count). The number of ether oxygens (including phenoxy) is 2. The summed E-state index contributed by atoms with van der Waals surface area (Å²) in [4.78, 5) is 0. The topological polar surface area (TPSA) is 18.5 Å². The molecule has 3 heteroatoms. The fourth-order valence-electron chi connectivity index (χ4n) is 2.31. The lowest BCUT2D eigenvalue weighted by molar-refractivity contribution is -0.162. The molecule has 0 saturated carbocycles. The van der Waals surface area contributed by atoms with Gasteiger partial charge in [0.05, 0.1) is 0 Å². The third kappa shape index (κ3) is 9.35. The summed E-state index contributed by atoms with van der Waals surface area (Å²) in [6, 6.07) is 0. The summed E-state index contributed by atoms with van der Waals surface area (Å²) in [7, 11) is 0. The van der Waals surface area contributed by atoms with E-state index < -0.39 is 0 Å². The van der Waals surface area contributed by atoms with Gasteiger partial charge in [-0.3, -0.25) is 0 Å². The fraction of sp³-hybridized carbons (Fsp3) is 1.00. The highest BCUT2D eigenvalue weighted by molar-refractivity contribution is 9.09. The van der Waals surface area contributed by atoms with E-state index in [9.17, 15) is 0 Å². The Kier molecular flexibility index (Phi) is 11.4. The molecule has 0 bridgehead atoms. The van der Waals surface area contributed by atoms with Crippen LogP contribution in [-0.2, 0) is 9.47 Å². The molecule has 1 aliphatic heterocycles. The number of hydrogen-bond donors (Lipinski definition) is 0. The molecule has 0 spiro atoms. The zero-order valence-corrected chi connectivity index (χ0v) is 13.3. The molecule has 0 radical (unpaired) electrons. The van der Waals surface area contributed by atoms with Gasteiger partial charge in [-0.1, -0.05) is 54.5 Å². The molecule has 108 valence electrons. The van der Waals surface area contributed by atoms with E-state index in [0.717, 1.165) is 25.0 Å². The summed E-state index contributed by atoms with van der Waals surface area (Å²) >= 11 is 3.47. The van der Waals surface area contributed by atoms with E-state index in [1.54, 1.807) is 0 Å². The van der Waals surface area contributed by atoms with Crippen molar-refractivity contribution in [1.82, 2.24) is 0 Å². The molecular weight excluding hydrogens is 292 g/mol. The van der Waals surface area contributed by atoms with E-state index in [2.05, 4.69) is 15.9 Å². The second-order valence-electron chi connectivity index (χ2n) is 5.18. The summed E-state index contributed by atoms with van der Waals surface area (Å²) in [6.07, 6.45) is 14.4. The molecule has 2 nitrogen and oxygen atoms in total. The Balaban J connectivity index is 1.73. The minimum Gasteiger partial charge on any atom is -0.353 e. The standard InChI is InChI=1S/C15H29BrO2/c16-12-8-5-3-1-2-4-6-9-13-17-15-11-7-10-14-18-15/h15H,1-14H2/t15-/m0/s1. The molecule has 1 heterocycles. The second kappa shape index (κ2) is 12.4. The van der Waals surface area contributed by atoms with Crippen LogP contribution >= 0.6 is 15.9 Å². The first kappa shape index (κ1) is 16.5. The minimum atomic E-state index is 0.100. The zero-order chi connectivity index (χ0) is 12.9. The number of hydrogen-bond acceptors (Lipinski definition) is 2. The molecule has 1 fully saturated rings. The van der Waals surface area contributed by atoms with Gasteiger partial charge >= 0.3 is 0 Å². The van der Waals surface area contributed by atoms with Crippen LogP contribution in [0.2, 0.25) is 0 Å². The first-order valence-corrected chi connectivity index (χ1v) is 8.85. The lowest BCUT2D eigenvalue weighted by atomic mass is 10.1.